The van der Waals surface area contributed by atoms with E-state index in [9.17, 15) is 5.11 Å². The Kier molecular flexibility index (Phi) is 3.74. The molecule has 0 fully saturated rings. The van der Waals surface area contributed by atoms with E-state index in [0.717, 1.165) is 18.4 Å². The van der Waals surface area contributed by atoms with Gasteiger partial charge in [-0.05, 0) is 36.6 Å². The molecule has 0 aliphatic carbocycles. The van der Waals surface area contributed by atoms with E-state index in [2.05, 4.69) is 0 Å². The summed E-state index contributed by atoms with van der Waals surface area (Å²) < 4.78 is 5.20. The highest BCUT2D eigenvalue weighted by Gasteiger charge is 2.19. The summed E-state index contributed by atoms with van der Waals surface area (Å²) in [4.78, 5) is 0. The predicted octanol–water partition coefficient (Wildman–Crippen LogP) is 3.72. The molecule has 0 saturated heterocycles. The highest BCUT2D eigenvalue weighted by molar-refractivity contribution is 6.33. The maximum Gasteiger partial charge on any atom is 0.105 e. The molecule has 1 N–H and O–H groups in total. The summed E-state index contributed by atoms with van der Waals surface area (Å²) in [5.41, 5.74) is 1.47. The molecule has 86 valence electrons. The van der Waals surface area contributed by atoms with Crippen molar-refractivity contribution in [3.8, 4) is 0 Å². The highest BCUT2D eigenvalue weighted by atomic mass is 35.5. The zero-order valence-corrected chi connectivity index (χ0v) is 10.1. The van der Waals surface area contributed by atoms with E-state index in [1.807, 2.05) is 0 Å². The van der Waals surface area contributed by atoms with Gasteiger partial charge in [0.15, 0.2) is 0 Å². The van der Waals surface area contributed by atoms with Gasteiger partial charge in [-0.15, -0.1) is 0 Å². The van der Waals surface area contributed by atoms with Crippen LogP contribution in [0.3, 0.4) is 0 Å². The monoisotopic (exact) mass is 258 g/mol. The minimum atomic E-state index is -0.730. The Morgan fingerprint density at radius 2 is 2.12 bits per heavy atom. The van der Waals surface area contributed by atoms with Crippen LogP contribution in [0.15, 0.2) is 30.0 Å². The lowest BCUT2D eigenvalue weighted by Gasteiger charge is -2.20. The van der Waals surface area contributed by atoms with Crippen molar-refractivity contribution < 1.29 is 9.84 Å². The average molecular weight is 259 g/mol. The van der Waals surface area contributed by atoms with Crippen LogP contribution in [0.2, 0.25) is 10.0 Å². The van der Waals surface area contributed by atoms with Crippen LogP contribution in [-0.2, 0) is 4.74 Å². The lowest BCUT2D eigenvalue weighted by atomic mass is 9.98. The molecule has 1 aromatic rings. The number of aliphatic hydroxyl groups is 1. The Morgan fingerprint density at radius 3 is 2.81 bits per heavy atom. The molecule has 0 saturated carbocycles. The molecule has 0 radical (unpaired) electrons. The van der Waals surface area contributed by atoms with Gasteiger partial charge >= 0.3 is 0 Å². The van der Waals surface area contributed by atoms with E-state index in [4.69, 9.17) is 27.9 Å². The van der Waals surface area contributed by atoms with Crippen molar-refractivity contribution in [1.82, 2.24) is 0 Å². The molecule has 16 heavy (non-hydrogen) atoms. The van der Waals surface area contributed by atoms with Gasteiger partial charge in [0.25, 0.3) is 0 Å². The zero-order valence-electron chi connectivity index (χ0n) is 8.62. The number of hydrogen-bond acceptors (Lipinski definition) is 2. The van der Waals surface area contributed by atoms with Crippen LogP contribution in [0.1, 0.15) is 24.5 Å². The first-order valence-electron chi connectivity index (χ1n) is 5.12. The van der Waals surface area contributed by atoms with E-state index in [-0.39, 0.29) is 0 Å². The molecule has 1 heterocycles. The van der Waals surface area contributed by atoms with Crippen molar-refractivity contribution in [3.05, 3.63) is 45.6 Å². The fourth-order valence-electron chi connectivity index (χ4n) is 1.71. The zero-order chi connectivity index (χ0) is 11.5. The first-order valence-corrected chi connectivity index (χ1v) is 5.87. The molecular weight excluding hydrogens is 247 g/mol. The molecule has 1 unspecified atom stereocenters. The second kappa shape index (κ2) is 5.09. The standard InChI is InChI=1S/C12H12Cl2O2/c13-9-3-4-11(14)10(6-9)12(15)8-2-1-5-16-7-8/h3-4,6-7,12,15H,1-2,5H2. The Labute approximate surface area is 104 Å². The largest absolute Gasteiger partial charge is 0.501 e. The molecule has 1 aliphatic rings. The van der Waals surface area contributed by atoms with E-state index < -0.39 is 6.10 Å². The maximum atomic E-state index is 10.2. The molecule has 0 amide bonds. The van der Waals surface area contributed by atoms with Crippen LogP contribution in [0.25, 0.3) is 0 Å². The molecule has 0 bridgehead atoms. The number of rotatable bonds is 2. The van der Waals surface area contributed by atoms with Gasteiger partial charge in [0.1, 0.15) is 6.10 Å². The van der Waals surface area contributed by atoms with Crippen molar-refractivity contribution in [2.24, 2.45) is 0 Å². The molecular formula is C12H12Cl2O2. The van der Waals surface area contributed by atoms with Crippen LogP contribution in [-0.4, -0.2) is 11.7 Å². The molecule has 1 aromatic carbocycles. The van der Waals surface area contributed by atoms with E-state index in [1.54, 1.807) is 24.5 Å². The SMILES string of the molecule is OC(C1=COCCC1)c1cc(Cl)ccc1Cl. The average Bonchev–Trinajstić information content (AvgIpc) is 2.32. The molecule has 2 rings (SSSR count). The van der Waals surface area contributed by atoms with Gasteiger partial charge in [-0.3, -0.25) is 0 Å². The molecule has 4 heteroatoms. The third kappa shape index (κ3) is 2.51. The second-order valence-corrected chi connectivity index (χ2v) is 4.58. The van der Waals surface area contributed by atoms with E-state index >= 15 is 0 Å². The summed E-state index contributed by atoms with van der Waals surface area (Å²) in [6.07, 6.45) is 2.63. The Bertz CT molecular complexity index is 415. The number of benzene rings is 1. The summed E-state index contributed by atoms with van der Waals surface area (Å²) in [6, 6.07) is 5.07. The smallest absolute Gasteiger partial charge is 0.105 e. The van der Waals surface area contributed by atoms with E-state index in [0.29, 0.717) is 22.2 Å². The lowest BCUT2D eigenvalue weighted by Crippen LogP contribution is -2.08. The van der Waals surface area contributed by atoms with Crippen LogP contribution in [0.5, 0.6) is 0 Å². The number of halogens is 2. The van der Waals surface area contributed by atoms with Crippen molar-refractivity contribution in [2.75, 3.05) is 6.61 Å². The number of hydrogen-bond donors (Lipinski definition) is 1. The molecule has 0 aromatic heterocycles. The van der Waals surface area contributed by atoms with Gasteiger partial charge < -0.3 is 9.84 Å². The summed E-state index contributed by atoms with van der Waals surface area (Å²) in [6.45, 7) is 0.708. The summed E-state index contributed by atoms with van der Waals surface area (Å²) >= 11 is 11.9. The predicted molar refractivity (Wildman–Crippen MR) is 64.7 cm³/mol. The quantitative estimate of drug-likeness (QED) is 0.877. The minimum Gasteiger partial charge on any atom is -0.501 e. The van der Waals surface area contributed by atoms with Crippen LogP contribution >= 0.6 is 23.2 Å². The van der Waals surface area contributed by atoms with E-state index in [1.165, 1.54) is 0 Å². The summed E-state index contributed by atoms with van der Waals surface area (Å²) in [5.74, 6) is 0. The first-order chi connectivity index (χ1) is 7.68. The van der Waals surface area contributed by atoms with Crippen molar-refractivity contribution in [1.29, 1.82) is 0 Å². The van der Waals surface area contributed by atoms with Crippen molar-refractivity contribution in [2.45, 2.75) is 18.9 Å². The van der Waals surface area contributed by atoms with Crippen molar-refractivity contribution in [3.63, 3.8) is 0 Å². The number of ether oxygens (including phenoxy) is 1. The van der Waals surface area contributed by atoms with Crippen molar-refractivity contribution >= 4 is 23.2 Å². The van der Waals surface area contributed by atoms with Gasteiger partial charge in [0.05, 0.1) is 12.9 Å². The molecule has 2 nitrogen and oxygen atoms in total. The van der Waals surface area contributed by atoms with Crippen LogP contribution in [0, 0.1) is 0 Å². The molecule has 0 spiro atoms. The minimum absolute atomic E-state index is 0.517. The lowest BCUT2D eigenvalue weighted by molar-refractivity contribution is 0.170. The molecule has 1 aliphatic heterocycles. The van der Waals surface area contributed by atoms with Gasteiger partial charge in [0.2, 0.25) is 0 Å². The van der Waals surface area contributed by atoms with Gasteiger partial charge in [0, 0.05) is 15.6 Å². The fourth-order valence-corrected chi connectivity index (χ4v) is 2.11. The van der Waals surface area contributed by atoms with Crippen LogP contribution in [0.4, 0.5) is 0 Å². The highest BCUT2D eigenvalue weighted by Crippen LogP contribution is 2.33. The fraction of sp³-hybridized carbons (Fsp3) is 0.333. The van der Waals surface area contributed by atoms with Gasteiger partial charge in [-0.25, -0.2) is 0 Å². The first kappa shape index (κ1) is 11.8. The Balaban J connectivity index is 2.29. The Hall–Kier alpha value is -0.700. The summed E-state index contributed by atoms with van der Waals surface area (Å²) in [7, 11) is 0. The van der Waals surface area contributed by atoms with Gasteiger partial charge in [-0.2, -0.15) is 0 Å². The Morgan fingerprint density at radius 1 is 1.31 bits per heavy atom. The molecule has 1 atom stereocenters. The summed E-state index contributed by atoms with van der Waals surface area (Å²) in [5, 5.41) is 11.2. The topological polar surface area (TPSA) is 29.5 Å². The number of aliphatic hydroxyl groups excluding tert-OH is 1. The third-order valence-electron chi connectivity index (χ3n) is 2.57. The second-order valence-electron chi connectivity index (χ2n) is 3.74. The normalized spacial score (nSPS) is 17.6. The van der Waals surface area contributed by atoms with Gasteiger partial charge in [-0.1, -0.05) is 23.2 Å². The van der Waals surface area contributed by atoms with Crippen LogP contribution < -0.4 is 0 Å². The third-order valence-corrected chi connectivity index (χ3v) is 3.15. The maximum absolute atomic E-state index is 10.2.